The zero-order chi connectivity index (χ0) is 13.0. The van der Waals surface area contributed by atoms with Crippen LogP contribution in [0, 0.1) is 5.82 Å². The number of rotatable bonds is 5. The molecular formula is C11H13FN2O3. The van der Waals surface area contributed by atoms with Crippen molar-refractivity contribution < 1.29 is 19.1 Å². The maximum absolute atomic E-state index is 13.5. The van der Waals surface area contributed by atoms with Crippen molar-refractivity contribution in [2.75, 3.05) is 0 Å². The highest BCUT2D eigenvalue weighted by molar-refractivity contribution is 5.92. The zero-order valence-corrected chi connectivity index (χ0v) is 9.24. The summed E-state index contributed by atoms with van der Waals surface area (Å²) in [5.41, 5.74) is 5.36. The Morgan fingerprint density at radius 2 is 2.18 bits per heavy atom. The molecule has 0 heterocycles. The van der Waals surface area contributed by atoms with Gasteiger partial charge < -0.3 is 16.2 Å². The fraction of sp³-hybridized carbons (Fsp3) is 0.273. The number of nitrogens with one attached hydrogen (secondary N) is 1. The maximum atomic E-state index is 13.5. The lowest BCUT2D eigenvalue weighted by atomic mass is 10.1. The lowest BCUT2D eigenvalue weighted by molar-refractivity contribution is -0.139. The van der Waals surface area contributed by atoms with Crippen LogP contribution in [0.15, 0.2) is 18.2 Å². The van der Waals surface area contributed by atoms with E-state index in [1.165, 1.54) is 19.1 Å². The molecule has 92 valence electrons. The smallest absolute Gasteiger partial charge is 0.320 e. The second-order valence-electron chi connectivity index (χ2n) is 3.61. The second kappa shape index (κ2) is 5.40. The van der Waals surface area contributed by atoms with E-state index in [0.717, 1.165) is 6.07 Å². The third kappa shape index (κ3) is 3.53. The van der Waals surface area contributed by atoms with Gasteiger partial charge in [0, 0.05) is 17.7 Å². The molecule has 1 aromatic rings. The fourth-order valence-electron chi connectivity index (χ4n) is 1.19. The molecule has 0 fully saturated rings. The van der Waals surface area contributed by atoms with Crippen LogP contribution in [0.3, 0.4) is 0 Å². The van der Waals surface area contributed by atoms with Gasteiger partial charge >= 0.3 is 5.97 Å². The van der Waals surface area contributed by atoms with Crippen molar-refractivity contribution in [1.82, 2.24) is 5.32 Å². The Balaban J connectivity index is 2.73. The number of hydrogen-bond donors (Lipinski definition) is 3. The number of benzene rings is 1. The topological polar surface area (TPSA) is 92.4 Å². The molecule has 5 nitrogen and oxygen atoms in total. The monoisotopic (exact) mass is 240 g/mol. The molecule has 0 aliphatic heterocycles. The van der Waals surface area contributed by atoms with Gasteiger partial charge in [-0.25, -0.2) is 4.39 Å². The van der Waals surface area contributed by atoms with E-state index in [1.807, 2.05) is 0 Å². The minimum absolute atomic E-state index is 0.0678. The van der Waals surface area contributed by atoms with Crippen molar-refractivity contribution in [2.45, 2.75) is 19.5 Å². The molecule has 0 bridgehead atoms. The Labute approximate surface area is 97.4 Å². The average Bonchev–Trinajstić information content (AvgIpc) is 2.26. The van der Waals surface area contributed by atoms with Gasteiger partial charge in [-0.1, -0.05) is 6.07 Å². The van der Waals surface area contributed by atoms with Gasteiger partial charge in [-0.05, 0) is 19.1 Å². The van der Waals surface area contributed by atoms with Gasteiger partial charge in [0.1, 0.15) is 11.9 Å². The third-order valence-corrected chi connectivity index (χ3v) is 2.31. The first-order valence-corrected chi connectivity index (χ1v) is 4.96. The van der Waals surface area contributed by atoms with Crippen molar-refractivity contribution in [1.29, 1.82) is 0 Å². The van der Waals surface area contributed by atoms with Gasteiger partial charge in [-0.3, -0.25) is 9.59 Å². The minimum atomic E-state index is -1.01. The summed E-state index contributed by atoms with van der Waals surface area (Å²) in [5.74, 6) is -2.31. The lowest BCUT2D eigenvalue weighted by Gasteiger charge is -2.10. The van der Waals surface area contributed by atoms with Crippen LogP contribution in [0.1, 0.15) is 22.8 Å². The van der Waals surface area contributed by atoms with Gasteiger partial charge in [-0.15, -0.1) is 0 Å². The number of carbonyl (C=O) groups excluding carboxylic acids is 1. The molecule has 0 radical (unpaired) electrons. The normalized spacial score (nSPS) is 12.1. The van der Waals surface area contributed by atoms with Crippen molar-refractivity contribution in [3.8, 4) is 0 Å². The van der Waals surface area contributed by atoms with E-state index in [2.05, 4.69) is 5.32 Å². The minimum Gasteiger partial charge on any atom is -0.480 e. The first kappa shape index (κ1) is 13.1. The number of primary amides is 1. The highest BCUT2D eigenvalue weighted by Gasteiger charge is 2.12. The van der Waals surface area contributed by atoms with E-state index >= 15 is 0 Å². The Kier molecular flexibility index (Phi) is 4.17. The van der Waals surface area contributed by atoms with E-state index in [0.29, 0.717) is 0 Å². The summed E-state index contributed by atoms with van der Waals surface area (Å²) in [6.07, 6.45) is 0. The van der Waals surface area contributed by atoms with Crippen molar-refractivity contribution in [2.24, 2.45) is 5.73 Å². The van der Waals surface area contributed by atoms with Crippen LogP contribution in [0.2, 0.25) is 0 Å². The summed E-state index contributed by atoms with van der Waals surface area (Å²) in [4.78, 5) is 21.3. The van der Waals surface area contributed by atoms with Gasteiger partial charge in [0.15, 0.2) is 0 Å². The molecule has 0 spiro atoms. The largest absolute Gasteiger partial charge is 0.480 e. The average molecular weight is 240 g/mol. The van der Waals surface area contributed by atoms with E-state index in [9.17, 15) is 14.0 Å². The Morgan fingerprint density at radius 3 is 2.65 bits per heavy atom. The van der Waals surface area contributed by atoms with Crippen LogP contribution in [0.4, 0.5) is 4.39 Å². The quantitative estimate of drug-likeness (QED) is 0.698. The molecule has 0 aliphatic carbocycles. The van der Waals surface area contributed by atoms with Crippen LogP contribution in [0.5, 0.6) is 0 Å². The summed E-state index contributed by atoms with van der Waals surface area (Å²) in [7, 11) is 0. The van der Waals surface area contributed by atoms with Crippen molar-refractivity contribution in [3.05, 3.63) is 35.1 Å². The lowest BCUT2D eigenvalue weighted by Crippen LogP contribution is -2.33. The van der Waals surface area contributed by atoms with E-state index < -0.39 is 23.7 Å². The summed E-state index contributed by atoms with van der Waals surface area (Å²) in [5, 5.41) is 11.3. The second-order valence-corrected chi connectivity index (χ2v) is 3.61. The molecule has 1 aromatic carbocycles. The third-order valence-electron chi connectivity index (χ3n) is 2.31. The molecule has 1 amide bonds. The standard InChI is InChI=1S/C11H13FN2O3/c1-6(11(16)17)14-5-8-3-2-7(10(13)15)4-9(8)12/h2-4,6,14H,5H2,1H3,(H2,13,15)(H,16,17)/t6-/m0/s1. The number of halogens is 1. The Bertz CT molecular complexity index is 448. The fourth-order valence-corrected chi connectivity index (χ4v) is 1.19. The van der Waals surface area contributed by atoms with Crippen LogP contribution < -0.4 is 11.1 Å². The number of carboxylic acid groups (broad SMARTS) is 1. The number of amides is 1. The summed E-state index contributed by atoms with van der Waals surface area (Å²) < 4.78 is 13.5. The van der Waals surface area contributed by atoms with E-state index in [4.69, 9.17) is 10.8 Å². The highest BCUT2D eigenvalue weighted by atomic mass is 19.1. The van der Waals surface area contributed by atoms with Crippen LogP contribution in [-0.4, -0.2) is 23.0 Å². The summed E-state index contributed by atoms with van der Waals surface area (Å²) in [6.45, 7) is 1.52. The molecule has 1 atom stereocenters. The van der Waals surface area contributed by atoms with Gasteiger partial charge in [0.25, 0.3) is 0 Å². The molecule has 6 heteroatoms. The SMILES string of the molecule is C[C@H](NCc1ccc(C(N)=O)cc1F)C(=O)O. The molecule has 0 aromatic heterocycles. The predicted molar refractivity (Wildman–Crippen MR) is 58.9 cm³/mol. The van der Waals surface area contributed by atoms with Crippen LogP contribution in [0.25, 0.3) is 0 Å². The van der Waals surface area contributed by atoms with E-state index in [-0.39, 0.29) is 17.7 Å². The van der Waals surface area contributed by atoms with E-state index in [1.54, 1.807) is 0 Å². The highest BCUT2D eigenvalue weighted by Crippen LogP contribution is 2.10. The van der Waals surface area contributed by atoms with Gasteiger partial charge in [-0.2, -0.15) is 0 Å². The van der Waals surface area contributed by atoms with Gasteiger partial charge in [0.2, 0.25) is 5.91 Å². The number of aliphatic carboxylic acids is 1. The molecule has 0 saturated heterocycles. The van der Waals surface area contributed by atoms with Crippen molar-refractivity contribution >= 4 is 11.9 Å². The van der Waals surface area contributed by atoms with Crippen molar-refractivity contribution in [3.63, 3.8) is 0 Å². The molecule has 4 N–H and O–H groups in total. The number of nitrogens with two attached hydrogens (primary N) is 1. The number of hydrogen-bond acceptors (Lipinski definition) is 3. The van der Waals surface area contributed by atoms with Crippen LogP contribution >= 0.6 is 0 Å². The molecule has 0 aliphatic rings. The first-order valence-electron chi connectivity index (χ1n) is 4.96. The van der Waals surface area contributed by atoms with Gasteiger partial charge in [0.05, 0.1) is 0 Å². The Hall–Kier alpha value is -1.95. The summed E-state index contributed by atoms with van der Waals surface area (Å²) in [6, 6.07) is 3.06. The number of carboxylic acids is 1. The Morgan fingerprint density at radius 1 is 1.53 bits per heavy atom. The maximum Gasteiger partial charge on any atom is 0.320 e. The molecule has 17 heavy (non-hydrogen) atoms. The molecule has 0 saturated carbocycles. The zero-order valence-electron chi connectivity index (χ0n) is 9.24. The molecule has 1 rings (SSSR count). The molecule has 0 unspecified atom stereocenters. The summed E-state index contributed by atoms with van der Waals surface area (Å²) >= 11 is 0. The predicted octanol–water partition coefficient (Wildman–Crippen LogP) is 0.487. The number of carbonyl (C=O) groups is 2. The molecular weight excluding hydrogens is 227 g/mol. The van der Waals surface area contributed by atoms with Crippen LogP contribution in [-0.2, 0) is 11.3 Å². The first-order chi connectivity index (χ1) is 7.91.